The Morgan fingerprint density at radius 2 is 1.80 bits per heavy atom. The van der Waals surface area contributed by atoms with Crippen LogP contribution in [-0.2, 0) is 0 Å². The minimum atomic E-state index is -0.679. The highest BCUT2D eigenvalue weighted by Crippen LogP contribution is 2.43. The van der Waals surface area contributed by atoms with Gasteiger partial charge in [-0.1, -0.05) is 24.3 Å². The SMILES string of the molecule is COc1ccc(C2CC(=O)c3c(O)cc(OC(=O)c4ccccc4)cc3O2)cc1O. The molecule has 7 nitrogen and oxygen atoms in total. The Morgan fingerprint density at radius 3 is 2.50 bits per heavy atom. The van der Waals surface area contributed by atoms with Crippen molar-refractivity contribution >= 4 is 11.8 Å². The normalized spacial score (nSPS) is 15.1. The van der Waals surface area contributed by atoms with Gasteiger partial charge in [-0.25, -0.2) is 4.79 Å². The van der Waals surface area contributed by atoms with Crippen LogP contribution in [-0.4, -0.2) is 29.1 Å². The maximum absolute atomic E-state index is 12.6. The zero-order valence-corrected chi connectivity index (χ0v) is 16.0. The van der Waals surface area contributed by atoms with Crippen molar-refractivity contribution in [3.63, 3.8) is 0 Å². The van der Waals surface area contributed by atoms with Crippen LogP contribution in [0.2, 0.25) is 0 Å². The molecule has 4 rings (SSSR count). The minimum Gasteiger partial charge on any atom is -0.507 e. The molecule has 1 unspecified atom stereocenters. The molecule has 1 heterocycles. The van der Waals surface area contributed by atoms with Crippen molar-refractivity contribution in [3.05, 3.63) is 77.4 Å². The molecule has 30 heavy (non-hydrogen) atoms. The maximum Gasteiger partial charge on any atom is 0.343 e. The van der Waals surface area contributed by atoms with Gasteiger partial charge in [-0.15, -0.1) is 0 Å². The number of hydrogen-bond acceptors (Lipinski definition) is 7. The number of phenolic OH excluding ortho intramolecular Hbond substituents is 2. The van der Waals surface area contributed by atoms with Crippen LogP contribution < -0.4 is 14.2 Å². The predicted molar refractivity (Wildman–Crippen MR) is 106 cm³/mol. The van der Waals surface area contributed by atoms with Crippen LogP contribution >= 0.6 is 0 Å². The van der Waals surface area contributed by atoms with E-state index in [1.54, 1.807) is 42.5 Å². The number of ketones is 1. The van der Waals surface area contributed by atoms with E-state index in [9.17, 15) is 19.8 Å². The molecule has 0 radical (unpaired) electrons. The average Bonchev–Trinajstić information content (AvgIpc) is 2.73. The predicted octanol–water partition coefficient (Wildman–Crippen LogP) is 4.03. The molecular formula is C23H18O7. The van der Waals surface area contributed by atoms with Gasteiger partial charge < -0.3 is 24.4 Å². The number of esters is 1. The van der Waals surface area contributed by atoms with Gasteiger partial charge >= 0.3 is 5.97 Å². The molecule has 0 aromatic heterocycles. The third-order valence-electron chi connectivity index (χ3n) is 4.77. The van der Waals surface area contributed by atoms with E-state index < -0.39 is 12.1 Å². The molecular weight excluding hydrogens is 388 g/mol. The van der Waals surface area contributed by atoms with Crippen molar-refractivity contribution in [2.45, 2.75) is 12.5 Å². The summed E-state index contributed by atoms with van der Waals surface area (Å²) in [6.07, 6.45) is -0.698. The van der Waals surface area contributed by atoms with Crippen LogP contribution in [0.3, 0.4) is 0 Å². The van der Waals surface area contributed by atoms with Crippen LogP contribution in [0.4, 0.5) is 0 Å². The number of hydrogen-bond donors (Lipinski definition) is 2. The molecule has 1 atom stereocenters. The van der Waals surface area contributed by atoms with Crippen LogP contribution in [0.25, 0.3) is 0 Å². The number of ether oxygens (including phenoxy) is 3. The number of rotatable bonds is 4. The number of benzene rings is 3. The third kappa shape index (κ3) is 3.65. The van der Waals surface area contributed by atoms with Crippen molar-refractivity contribution in [3.8, 4) is 28.7 Å². The minimum absolute atomic E-state index is 0.0184. The Kier molecular flexibility index (Phi) is 5.02. The fourth-order valence-corrected chi connectivity index (χ4v) is 3.31. The first-order valence-electron chi connectivity index (χ1n) is 9.17. The lowest BCUT2D eigenvalue weighted by Crippen LogP contribution is -2.21. The summed E-state index contributed by atoms with van der Waals surface area (Å²) in [7, 11) is 1.44. The zero-order chi connectivity index (χ0) is 21.3. The molecule has 0 amide bonds. The highest BCUT2D eigenvalue weighted by molar-refractivity contribution is 6.03. The summed E-state index contributed by atoms with van der Waals surface area (Å²) in [4.78, 5) is 24.9. The molecule has 3 aromatic rings. The zero-order valence-electron chi connectivity index (χ0n) is 16.0. The van der Waals surface area contributed by atoms with Gasteiger partial charge in [-0.2, -0.15) is 0 Å². The molecule has 0 bridgehead atoms. The lowest BCUT2D eigenvalue weighted by atomic mass is 9.95. The van der Waals surface area contributed by atoms with E-state index in [0.29, 0.717) is 16.9 Å². The first-order valence-corrected chi connectivity index (χ1v) is 9.17. The molecule has 0 saturated carbocycles. The molecule has 152 valence electrons. The Labute approximate surface area is 172 Å². The average molecular weight is 406 g/mol. The number of fused-ring (bicyclic) bond motifs is 1. The molecule has 0 fully saturated rings. The molecule has 0 aliphatic carbocycles. The lowest BCUT2D eigenvalue weighted by Gasteiger charge is -2.26. The van der Waals surface area contributed by atoms with Gasteiger partial charge in [0.15, 0.2) is 17.3 Å². The van der Waals surface area contributed by atoms with Gasteiger partial charge in [0.1, 0.15) is 28.9 Å². The summed E-state index contributed by atoms with van der Waals surface area (Å²) in [6, 6.07) is 15.7. The summed E-state index contributed by atoms with van der Waals surface area (Å²) in [5, 5.41) is 20.3. The summed E-state index contributed by atoms with van der Waals surface area (Å²) in [5.74, 6) is -0.888. The monoisotopic (exact) mass is 406 g/mol. The first-order chi connectivity index (χ1) is 14.5. The van der Waals surface area contributed by atoms with E-state index in [-0.39, 0.29) is 40.8 Å². The van der Waals surface area contributed by atoms with Crippen molar-refractivity contribution in [1.29, 1.82) is 0 Å². The number of methoxy groups -OCH3 is 1. The summed E-state index contributed by atoms with van der Waals surface area (Å²) < 4.78 is 16.3. The molecule has 1 aliphatic heterocycles. The fraction of sp³-hybridized carbons (Fsp3) is 0.130. The third-order valence-corrected chi connectivity index (χ3v) is 4.77. The van der Waals surface area contributed by atoms with Crippen molar-refractivity contribution in [2.75, 3.05) is 7.11 Å². The Hall–Kier alpha value is -4.00. The second-order valence-electron chi connectivity index (χ2n) is 6.74. The van der Waals surface area contributed by atoms with Gasteiger partial charge in [0.25, 0.3) is 0 Å². The molecule has 7 heteroatoms. The first kappa shape index (κ1) is 19.3. The standard InChI is InChI=1S/C23H18O7/c1-28-19-8-7-14(9-16(19)24)20-12-18(26)22-17(25)10-15(11-21(22)30-20)29-23(27)13-5-3-2-4-6-13/h2-11,20,24-25H,12H2,1H3. The molecule has 0 spiro atoms. The van der Waals surface area contributed by atoms with E-state index in [0.717, 1.165) is 0 Å². The van der Waals surface area contributed by atoms with Crippen molar-refractivity contribution in [2.24, 2.45) is 0 Å². The van der Waals surface area contributed by atoms with E-state index in [1.165, 1.54) is 25.3 Å². The van der Waals surface area contributed by atoms with Crippen LogP contribution in [0.1, 0.15) is 38.8 Å². The Morgan fingerprint density at radius 1 is 1.03 bits per heavy atom. The van der Waals surface area contributed by atoms with Crippen LogP contribution in [0.15, 0.2) is 60.7 Å². The number of carbonyl (C=O) groups excluding carboxylic acids is 2. The molecule has 1 aliphatic rings. The van der Waals surface area contributed by atoms with E-state index in [4.69, 9.17) is 14.2 Å². The van der Waals surface area contributed by atoms with Gasteiger partial charge in [0.05, 0.1) is 19.1 Å². The fourth-order valence-electron chi connectivity index (χ4n) is 3.31. The number of aromatic hydroxyl groups is 2. The van der Waals surface area contributed by atoms with Crippen molar-refractivity contribution < 1.29 is 34.0 Å². The van der Waals surface area contributed by atoms with E-state index in [1.807, 2.05) is 0 Å². The van der Waals surface area contributed by atoms with E-state index in [2.05, 4.69) is 0 Å². The summed E-state index contributed by atoms with van der Waals surface area (Å²) in [6.45, 7) is 0. The highest BCUT2D eigenvalue weighted by atomic mass is 16.5. The molecule has 2 N–H and O–H groups in total. The molecule has 0 saturated heterocycles. The number of Topliss-reactive ketones (excluding diaryl/α,β-unsaturated/α-hetero) is 1. The topological polar surface area (TPSA) is 102 Å². The highest BCUT2D eigenvalue weighted by Gasteiger charge is 2.31. The summed E-state index contributed by atoms with van der Waals surface area (Å²) in [5.41, 5.74) is 0.945. The second-order valence-corrected chi connectivity index (χ2v) is 6.74. The van der Waals surface area contributed by atoms with Gasteiger partial charge in [0.2, 0.25) is 0 Å². The maximum atomic E-state index is 12.6. The van der Waals surface area contributed by atoms with Gasteiger partial charge in [0, 0.05) is 12.1 Å². The van der Waals surface area contributed by atoms with Gasteiger partial charge in [-0.05, 0) is 29.8 Å². The second kappa shape index (κ2) is 7.79. The lowest BCUT2D eigenvalue weighted by molar-refractivity contribution is 0.0733. The van der Waals surface area contributed by atoms with E-state index >= 15 is 0 Å². The quantitative estimate of drug-likeness (QED) is 0.498. The molecule has 3 aromatic carbocycles. The smallest absolute Gasteiger partial charge is 0.343 e. The Balaban J connectivity index is 1.63. The number of carbonyl (C=O) groups is 2. The number of phenols is 2. The largest absolute Gasteiger partial charge is 0.507 e. The summed E-state index contributed by atoms with van der Waals surface area (Å²) >= 11 is 0. The van der Waals surface area contributed by atoms with Gasteiger partial charge in [-0.3, -0.25) is 4.79 Å². The Bertz CT molecular complexity index is 1120. The van der Waals surface area contributed by atoms with Crippen molar-refractivity contribution in [1.82, 2.24) is 0 Å². The van der Waals surface area contributed by atoms with Crippen LogP contribution in [0, 0.1) is 0 Å². The van der Waals surface area contributed by atoms with Crippen LogP contribution in [0.5, 0.6) is 28.7 Å².